The molecule has 0 radical (unpaired) electrons. The molecule has 5 nitrogen and oxygen atoms in total. The van der Waals surface area contributed by atoms with Crippen molar-refractivity contribution in [1.82, 2.24) is 15.0 Å². The minimum absolute atomic E-state index is 0.134. The van der Waals surface area contributed by atoms with Crippen molar-refractivity contribution in [1.29, 1.82) is 0 Å². The lowest BCUT2D eigenvalue weighted by Crippen LogP contribution is -2.08. The van der Waals surface area contributed by atoms with E-state index in [2.05, 4.69) is 15.0 Å². The van der Waals surface area contributed by atoms with Gasteiger partial charge in [0.1, 0.15) is 0 Å². The molecule has 0 fully saturated rings. The molecule has 0 saturated heterocycles. The number of pyridine rings is 1. The summed E-state index contributed by atoms with van der Waals surface area (Å²) in [6.07, 6.45) is 1.75. The molecule has 2 aromatic heterocycles. The number of aryl methyl sites for hydroxylation is 1. The van der Waals surface area contributed by atoms with Gasteiger partial charge in [-0.05, 0) is 30.7 Å². The SMILES string of the molecule is Cc1cc(=O)[nH]c(SCc2ccc(N)c3cccnc23)n1. The maximum Gasteiger partial charge on any atom is 0.251 e. The molecule has 21 heavy (non-hydrogen) atoms. The van der Waals surface area contributed by atoms with E-state index in [9.17, 15) is 4.79 Å². The number of nitrogen functional groups attached to an aromatic ring is 1. The molecule has 3 aromatic rings. The second-order valence-corrected chi connectivity index (χ2v) is 5.66. The fourth-order valence-corrected chi connectivity index (χ4v) is 3.04. The molecule has 0 aliphatic carbocycles. The first-order chi connectivity index (χ1) is 10.1. The predicted octanol–water partition coefficient (Wildman–Crippen LogP) is 2.50. The summed E-state index contributed by atoms with van der Waals surface area (Å²) in [4.78, 5) is 22.9. The molecule has 106 valence electrons. The van der Waals surface area contributed by atoms with Gasteiger partial charge in [-0.15, -0.1) is 0 Å². The number of fused-ring (bicyclic) bond motifs is 1. The standard InChI is InChI=1S/C15H14N4OS/c1-9-7-13(20)19-15(18-9)21-8-10-4-5-12(16)11-3-2-6-17-14(10)11/h2-7H,8,16H2,1H3,(H,18,19,20). The lowest BCUT2D eigenvalue weighted by Gasteiger charge is -2.07. The second kappa shape index (κ2) is 5.57. The average Bonchev–Trinajstić information content (AvgIpc) is 2.46. The van der Waals surface area contributed by atoms with Gasteiger partial charge in [0.05, 0.1) is 5.52 Å². The van der Waals surface area contributed by atoms with E-state index >= 15 is 0 Å². The van der Waals surface area contributed by atoms with Crippen LogP contribution in [0.25, 0.3) is 10.9 Å². The number of aromatic amines is 1. The quantitative estimate of drug-likeness (QED) is 0.441. The minimum atomic E-state index is -0.134. The highest BCUT2D eigenvalue weighted by Gasteiger charge is 2.07. The highest BCUT2D eigenvalue weighted by molar-refractivity contribution is 7.98. The number of anilines is 1. The van der Waals surface area contributed by atoms with Gasteiger partial charge < -0.3 is 10.7 Å². The lowest BCUT2D eigenvalue weighted by atomic mass is 10.1. The molecule has 2 heterocycles. The Balaban J connectivity index is 1.92. The molecular formula is C15H14N4OS. The molecule has 3 rings (SSSR count). The van der Waals surface area contributed by atoms with E-state index in [4.69, 9.17) is 5.73 Å². The summed E-state index contributed by atoms with van der Waals surface area (Å²) in [6, 6.07) is 9.15. The van der Waals surface area contributed by atoms with Crippen LogP contribution in [0.1, 0.15) is 11.3 Å². The van der Waals surface area contributed by atoms with Crippen LogP contribution in [0.5, 0.6) is 0 Å². The average molecular weight is 298 g/mol. The Morgan fingerprint density at radius 3 is 3.00 bits per heavy atom. The Morgan fingerprint density at radius 1 is 1.33 bits per heavy atom. The summed E-state index contributed by atoms with van der Waals surface area (Å²) in [5.74, 6) is 0.667. The van der Waals surface area contributed by atoms with Crippen LogP contribution in [0.2, 0.25) is 0 Å². The number of H-pyrrole nitrogens is 1. The molecular weight excluding hydrogens is 284 g/mol. The summed E-state index contributed by atoms with van der Waals surface area (Å²) < 4.78 is 0. The van der Waals surface area contributed by atoms with Crippen LogP contribution in [0, 0.1) is 6.92 Å². The Hall–Kier alpha value is -2.34. The largest absolute Gasteiger partial charge is 0.398 e. The van der Waals surface area contributed by atoms with Crippen LogP contribution in [-0.4, -0.2) is 15.0 Å². The van der Waals surface area contributed by atoms with Gasteiger partial charge >= 0.3 is 0 Å². The number of hydrogen-bond donors (Lipinski definition) is 2. The van der Waals surface area contributed by atoms with E-state index < -0.39 is 0 Å². The highest BCUT2D eigenvalue weighted by Crippen LogP contribution is 2.27. The Kier molecular flexibility index (Phi) is 3.62. The van der Waals surface area contributed by atoms with Crippen molar-refractivity contribution in [3.63, 3.8) is 0 Å². The van der Waals surface area contributed by atoms with Crippen molar-refractivity contribution >= 4 is 28.4 Å². The topological polar surface area (TPSA) is 84.7 Å². The van der Waals surface area contributed by atoms with Crippen molar-refractivity contribution in [2.45, 2.75) is 17.8 Å². The van der Waals surface area contributed by atoms with E-state index in [-0.39, 0.29) is 5.56 Å². The second-order valence-electron chi connectivity index (χ2n) is 4.69. The number of hydrogen-bond acceptors (Lipinski definition) is 5. The zero-order valence-electron chi connectivity index (χ0n) is 11.5. The number of nitrogens with two attached hydrogens (primary N) is 1. The summed E-state index contributed by atoms with van der Waals surface area (Å²) in [5.41, 5.74) is 9.21. The van der Waals surface area contributed by atoms with E-state index in [0.29, 0.717) is 22.3 Å². The summed E-state index contributed by atoms with van der Waals surface area (Å²) in [5, 5.41) is 1.56. The van der Waals surface area contributed by atoms with E-state index in [1.54, 1.807) is 13.1 Å². The van der Waals surface area contributed by atoms with Gasteiger partial charge in [0.2, 0.25) is 0 Å². The van der Waals surface area contributed by atoms with Crippen molar-refractivity contribution in [2.75, 3.05) is 5.73 Å². The lowest BCUT2D eigenvalue weighted by molar-refractivity contribution is 0.905. The maximum absolute atomic E-state index is 11.4. The Bertz CT molecular complexity index is 860. The van der Waals surface area contributed by atoms with Gasteiger partial charge in [-0.2, -0.15) is 0 Å². The van der Waals surface area contributed by atoms with Crippen molar-refractivity contribution in [2.24, 2.45) is 0 Å². The number of aromatic nitrogens is 3. The van der Waals surface area contributed by atoms with Crippen LogP contribution in [-0.2, 0) is 5.75 Å². The normalized spacial score (nSPS) is 10.9. The van der Waals surface area contributed by atoms with Gasteiger partial charge in [0.15, 0.2) is 5.16 Å². The van der Waals surface area contributed by atoms with Gasteiger partial charge in [0.25, 0.3) is 5.56 Å². The van der Waals surface area contributed by atoms with E-state index in [1.165, 1.54) is 17.8 Å². The van der Waals surface area contributed by atoms with Crippen molar-refractivity contribution in [3.05, 3.63) is 58.1 Å². The smallest absolute Gasteiger partial charge is 0.251 e. The first-order valence-corrected chi connectivity index (χ1v) is 7.45. The molecule has 0 aliphatic heterocycles. The first kappa shape index (κ1) is 13.6. The number of nitrogens with one attached hydrogen (secondary N) is 1. The minimum Gasteiger partial charge on any atom is -0.398 e. The van der Waals surface area contributed by atoms with Crippen LogP contribution in [0.4, 0.5) is 5.69 Å². The molecule has 0 unspecified atom stereocenters. The molecule has 3 N–H and O–H groups in total. The zero-order chi connectivity index (χ0) is 14.8. The fourth-order valence-electron chi connectivity index (χ4n) is 2.14. The predicted molar refractivity (Wildman–Crippen MR) is 85.3 cm³/mol. The molecule has 1 aromatic carbocycles. The van der Waals surface area contributed by atoms with Crippen LogP contribution < -0.4 is 11.3 Å². The molecule has 0 bridgehead atoms. The number of nitrogens with zero attached hydrogens (tertiary/aromatic N) is 2. The van der Waals surface area contributed by atoms with Gasteiger partial charge in [-0.1, -0.05) is 17.8 Å². The van der Waals surface area contributed by atoms with E-state index in [0.717, 1.165) is 16.5 Å². The Morgan fingerprint density at radius 2 is 2.19 bits per heavy atom. The molecule has 0 aliphatic rings. The van der Waals surface area contributed by atoms with Crippen LogP contribution in [0.15, 0.2) is 46.5 Å². The summed E-state index contributed by atoms with van der Waals surface area (Å²) in [6.45, 7) is 1.81. The molecule has 6 heteroatoms. The summed E-state index contributed by atoms with van der Waals surface area (Å²) >= 11 is 1.48. The fraction of sp³-hybridized carbons (Fsp3) is 0.133. The molecule has 0 amide bonds. The number of benzene rings is 1. The van der Waals surface area contributed by atoms with Crippen molar-refractivity contribution < 1.29 is 0 Å². The zero-order valence-corrected chi connectivity index (χ0v) is 12.3. The first-order valence-electron chi connectivity index (χ1n) is 6.46. The van der Waals surface area contributed by atoms with Gasteiger partial charge in [-0.3, -0.25) is 9.78 Å². The third kappa shape index (κ3) is 2.90. The monoisotopic (exact) mass is 298 g/mol. The molecule has 0 saturated carbocycles. The molecule has 0 spiro atoms. The van der Waals surface area contributed by atoms with Crippen LogP contribution in [0.3, 0.4) is 0 Å². The third-order valence-electron chi connectivity index (χ3n) is 3.10. The maximum atomic E-state index is 11.4. The van der Waals surface area contributed by atoms with Crippen molar-refractivity contribution in [3.8, 4) is 0 Å². The van der Waals surface area contributed by atoms with E-state index in [1.807, 2.05) is 24.3 Å². The molecule has 0 atom stereocenters. The highest BCUT2D eigenvalue weighted by atomic mass is 32.2. The van der Waals surface area contributed by atoms with Crippen LogP contribution >= 0.6 is 11.8 Å². The number of thioether (sulfide) groups is 1. The Labute approximate surface area is 125 Å². The number of rotatable bonds is 3. The third-order valence-corrected chi connectivity index (χ3v) is 4.02. The summed E-state index contributed by atoms with van der Waals surface area (Å²) in [7, 11) is 0. The van der Waals surface area contributed by atoms with Gasteiger partial charge in [0, 0.05) is 34.8 Å². The van der Waals surface area contributed by atoms with Gasteiger partial charge in [-0.25, -0.2) is 4.98 Å².